The minimum atomic E-state index is -0.173. The lowest BCUT2D eigenvalue weighted by Crippen LogP contribution is -2.30. The van der Waals surface area contributed by atoms with Crippen LogP contribution in [0, 0.1) is 11.8 Å². The van der Waals surface area contributed by atoms with Crippen LogP contribution in [0.2, 0.25) is 0 Å². The molecule has 6 heteroatoms. The Hall–Kier alpha value is -1.40. The molecule has 21 heavy (non-hydrogen) atoms. The predicted octanol–water partition coefficient (Wildman–Crippen LogP) is 2.72. The molecule has 2 amide bonds. The summed E-state index contributed by atoms with van der Waals surface area (Å²) in [5.74, 6) is 0.0155. The Labute approximate surface area is 132 Å². The molecule has 0 saturated heterocycles. The minimum absolute atomic E-state index is 0.0207. The number of carbonyl (C=O) groups is 2. The molecule has 114 valence electrons. The van der Waals surface area contributed by atoms with Gasteiger partial charge in [-0.25, -0.2) is 0 Å². The van der Waals surface area contributed by atoms with Gasteiger partial charge in [-0.15, -0.1) is 0 Å². The molecule has 0 aromatic heterocycles. The van der Waals surface area contributed by atoms with Crippen LogP contribution in [0.1, 0.15) is 26.2 Å². The highest BCUT2D eigenvalue weighted by Gasteiger charge is 2.32. The highest BCUT2D eigenvalue weighted by Crippen LogP contribution is 2.33. The van der Waals surface area contributed by atoms with Crippen LogP contribution in [0.3, 0.4) is 0 Å². The maximum absolute atomic E-state index is 12.4. The molecule has 2 atom stereocenters. The monoisotopic (exact) mass is 353 g/mol. The fourth-order valence-corrected chi connectivity index (χ4v) is 3.17. The SMILES string of the molecule is CC(=O)Nc1ccc(Br)cc1NC(=O)[C@@H]1CCC[C@@H]1CN. The number of benzene rings is 1. The van der Waals surface area contributed by atoms with E-state index in [9.17, 15) is 9.59 Å². The third-order valence-corrected chi connectivity index (χ3v) is 4.34. The Morgan fingerprint density at radius 2 is 2.05 bits per heavy atom. The van der Waals surface area contributed by atoms with Crippen molar-refractivity contribution in [2.75, 3.05) is 17.2 Å². The molecule has 1 fully saturated rings. The molecule has 1 aliphatic carbocycles. The van der Waals surface area contributed by atoms with Crippen molar-refractivity contribution in [3.05, 3.63) is 22.7 Å². The van der Waals surface area contributed by atoms with E-state index in [2.05, 4.69) is 26.6 Å². The first-order chi connectivity index (χ1) is 10.0. The summed E-state index contributed by atoms with van der Waals surface area (Å²) in [4.78, 5) is 23.7. The third kappa shape index (κ3) is 4.04. The second-order valence-electron chi connectivity index (χ2n) is 5.39. The van der Waals surface area contributed by atoms with Crippen molar-refractivity contribution < 1.29 is 9.59 Å². The largest absolute Gasteiger partial charge is 0.330 e. The smallest absolute Gasteiger partial charge is 0.227 e. The van der Waals surface area contributed by atoms with Gasteiger partial charge < -0.3 is 16.4 Å². The molecule has 2 rings (SSSR count). The van der Waals surface area contributed by atoms with E-state index in [0.29, 0.717) is 17.9 Å². The van der Waals surface area contributed by atoms with Crippen molar-refractivity contribution in [2.45, 2.75) is 26.2 Å². The maximum Gasteiger partial charge on any atom is 0.227 e. The van der Waals surface area contributed by atoms with Crippen molar-refractivity contribution >= 4 is 39.1 Å². The summed E-state index contributed by atoms with van der Waals surface area (Å²) in [5, 5.41) is 5.65. The molecule has 0 radical (unpaired) electrons. The number of nitrogens with two attached hydrogens (primary N) is 1. The first-order valence-electron chi connectivity index (χ1n) is 7.09. The van der Waals surface area contributed by atoms with E-state index in [1.807, 2.05) is 6.07 Å². The molecule has 1 aromatic carbocycles. The van der Waals surface area contributed by atoms with E-state index < -0.39 is 0 Å². The van der Waals surface area contributed by atoms with E-state index in [4.69, 9.17) is 5.73 Å². The topological polar surface area (TPSA) is 84.2 Å². The number of nitrogens with one attached hydrogen (secondary N) is 2. The standard InChI is InChI=1S/C15H20BrN3O2/c1-9(20)18-13-6-5-11(16)7-14(13)19-15(21)12-4-2-3-10(12)8-17/h5-7,10,12H,2-4,8,17H2,1H3,(H,18,20)(H,19,21)/t10-,12-/m1/s1. The number of rotatable bonds is 4. The van der Waals surface area contributed by atoms with Gasteiger partial charge in [0, 0.05) is 17.3 Å². The van der Waals surface area contributed by atoms with Gasteiger partial charge >= 0.3 is 0 Å². The molecule has 0 unspecified atom stereocenters. The first kappa shape index (κ1) is 16.0. The molecule has 1 aliphatic rings. The van der Waals surface area contributed by atoms with Crippen molar-refractivity contribution in [1.82, 2.24) is 0 Å². The minimum Gasteiger partial charge on any atom is -0.330 e. The molecule has 0 spiro atoms. The molecule has 5 nitrogen and oxygen atoms in total. The number of hydrogen-bond acceptors (Lipinski definition) is 3. The van der Waals surface area contributed by atoms with Crippen molar-refractivity contribution in [3.63, 3.8) is 0 Å². The Morgan fingerprint density at radius 3 is 2.71 bits per heavy atom. The summed E-state index contributed by atoms with van der Waals surface area (Å²) >= 11 is 3.38. The lowest BCUT2D eigenvalue weighted by Gasteiger charge is -2.19. The maximum atomic E-state index is 12.4. The summed E-state index contributed by atoms with van der Waals surface area (Å²) in [6, 6.07) is 5.37. The van der Waals surface area contributed by atoms with Gasteiger partial charge in [-0.1, -0.05) is 22.4 Å². The van der Waals surface area contributed by atoms with E-state index in [1.165, 1.54) is 6.92 Å². The van der Waals surface area contributed by atoms with E-state index >= 15 is 0 Å². The fourth-order valence-electron chi connectivity index (χ4n) is 2.81. The average Bonchev–Trinajstić information content (AvgIpc) is 2.90. The highest BCUT2D eigenvalue weighted by molar-refractivity contribution is 9.10. The van der Waals surface area contributed by atoms with Crippen LogP contribution in [0.4, 0.5) is 11.4 Å². The summed E-state index contributed by atoms with van der Waals surface area (Å²) < 4.78 is 0.841. The zero-order chi connectivity index (χ0) is 15.4. The molecule has 0 aliphatic heterocycles. The molecule has 0 bridgehead atoms. The number of anilines is 2. The van der Waals surface area contributed by atoms with Crippen molar-refractivity contribution in [1.29, 1.82) is 0 Å². The van der Waals surface area contributed by atoms with Gasteiger partial charge in [0.25, 0.3) is 0 Å². The number of hydrogen-bond donors (Lipinski definition) is 3. The zero-order valence-electron chi connectivity index (χ0n) is 12.0. The summed E-state index contributed by atoms with van der Waals surface area (Å²) in [6.07, 6.45) is 2.92. The van der Waals surface area contributed by atoms with Crippen LogP contribution >= 0.6 is 15.9 Å². The molecule has 4 N–H and O–H groups in total. The zero-order valence-corrected chi connectivity index (χ0v) is 13.6. The number of carbonyl (C=O) groups excluding carboxylic acids is 2. The van der Waals surface area contributed by atoms with Gasteiger partial charge in [-0.2, -0.15) is 0 Å². The Morgan fingerprint density at radius 1 is 1.29 bits per heavy atom. The van der Waals surface area contributed by atoms with E-state index in [0.717, 1.165) is 23.7 Å². The third-order valence-electron chi connectivity index (χ3n) is 3.85. The summed E-state index contributed by atoms with van der Waals surface area (Å²) in [5.41, 5.74) is 6.93. The summed E-state index contributed by atoms with van der Waals surface area (Å²) in [6.45, 7) is 1.98. The van der Waals surface area contributed by atoms with Gasteiger partial charge in [0.1, 0.15) is 0 Å². The highest BCUT2D eigenvalue weighted by atomic mass is 79.9. The van der Waals surface area contributed by atoms with Gasteiger partial charge in [-0.3, -0.25) is 9.59 Å². The quantitative estimate of drug-likeness (QED) is 0.777. The van der Waals surface area contributed by atoms with Gasteiger partial charge in [0.05, 0.1) is 11.4 Å². The average molecular weight is 354 g/mol. The lowest BCUT2D eigenvalue weighted by molar-refractivity contribution is -0.120. The van der Waals surface area contributed by atoms with Crippen molar-refractivity contribution in [2.24, 2.45) is 17.6 Å². The molecular formula is C15H20BrN3O2. The summed E-state index contributed by atoms with van der Waals surface area (Å²) in [7, 11) is 0. The van der Waals surface area contributed by atoms with Crippen LogP contribution < -0.4 is 16.4 Å². The molecule has 0 heterocycles. The Kier molecular flexibility index (Phi) is 5.36. The molecule has 1 saturated carbocycles. The van der Waals surface area contributed by atoms with E-state index in [-0.39, 0.29) is 23.7 Å². The van der Waals surface area contributed by atoms with Gasteiger partial charge in [0.15, 0.2) is 0 Å². The molecular weight excluding hydrogens is 334 g/mol. The number of halogens is 1. The predicted molar refractivity (Wildman–Crippen MR) is 87.0 cm³/mol. The second-order valence-corrected chi connectivity index (χ2v) is 6.31. The molecule has 1 aromatic rings. The lowest BCUT2D eigenvalue weighted by atomic mass is 9.95. The van der Waals surface area contributed by atoms with Gasteiger partial charge in [0.2, 0.25) is 11.8 Å². The van der Waals surface area contributed by atoms with Crippen LogP contribution in [-0.4, -0.2) is 18.4 Å². The van der Waals surface area contributed by atoms with Gasteiger partial charge in [-0.05, 0) is 43.5 Å². The van der Waals surface area contributed by atoms with Crippen LogP contribution in [0.15, 0.2) is 22.7 Å². The number of amides is 2. The van der Waals surface area contributed by atoms with Crippen LogP contribution in [0.25, 0.3) is 0 Å². The first-order valence-corrected chi connectivity index (χ1v) is 7.88. The Balaban J connectivity index is 2.16. The van der Waals surface area contributed by atoms with Crippen molar-refractivity contribution in [3.8, 4) is 0 Å². The second kappa shape index (κ2) is 7.04. The fraction of sp³-hybridized carbons (Fsp3) is 0.467. The normalized spacial score (nSPS) is 21.1. The van der Waals surface area contributed by atoms with E-state index in [1.54, 1.807) is 12.1 Å². The Bertz CT molecular complexity index is 548. The van der Waals surface area contributed by atoms with Crippen LogP contribution in [0.5, 0.6) is 0 Å². The van der Waals surface area contributed by atoms with Crippen LogP contribution in [-0.2, 0) is 9.59 Å².